The van der Waals surface area contributed by atoms with Crippen molar-refractivity contribution < 1.29 is 23.8 Å². The molecular weight excluding hydrogens is 394 g/mol. The number of likely N-dealkylation sites (tertiary alicyclic amines) is 1. The van der Waals surface area contributed by atoms with Gasteiger partial charge < -0.3 is 19.1 Å². The Balaban J connectivity index is 2.03. The molecule has 31 heavy (non-hydrogen) atoms. The number of methoxy groups -OCH3 is 1. The molecule has 3 rings (SSSR count). The lowest BCUT2D eigenvalue weighted by Crippen LogP contribution is -2.42. The summed E-state index contributed by atoms with van der Waals surface area (Å²) in [5.41, 5.74) is 2.02. The molecule has 6 nitrogen and oxygen atoms in total. The molecule has 2 bridgehead atoms. The van der Waals surface area contributed by atoms with E-state index in [1.54, 1.807) is 17.0 Å². The third-order valence-electron chi connectivity index (χ3n) is 5.42. The standard InChI is InChI=1S/C25H33NO5/c1-25(2,3)31-24(28)26-14-13-18-10-8-6-5-7-9-15-30-22-17-19(23(27)29-4)11-12-20(22)21(26)16-18/h6,8,10-12,17,21H,5,7,9,13-16H2,1-4H3/b8-6+,18-10-/t21-/m0/s1. The number of rotatable bonds is 1. The number of hydrogen-bond donors (Lipinski definition) is 0. The molecule has 1 saturated heterocycles. The van der Waals surface area contributed by atoms with Gasteiger partial charge in [-0.2, -0.15) is 0 Å². The molecule has 1 aromatic carbocycles. The first-order valence-corrected chi connectivity index (χ1v) is 11.0. The monoisotopic (exact) mass is 427 g/mol. The van der Waals surface area contributed by atoms with E-state index < -0.39 is 11.6 Å². The molecule has 1 atom stereocenters. The van der Waals surface area contributed by atoms with Crippen LogP contribution in [0.3, 0.4) is 0 Å². The fraction of sp³-hybridized carbons (Fsp3) is 0.520. The number of benzene rings is 1. The molecule has 0 aromatic heterocycles. The summed E-state index contributed by atoms with van der Waals surface area (Å²) in [4.78, 5) is 26.9. The zero-order valence-electron chi connectivity index (χ0n) is 19.0. The second-order valence-electron chi connectivity index (χ2n) is 8.99. The molecule has 0 spiro atoms. The zero-order valence-corrected chi connectivity index (χ0v) is 19.0. The van der Waals surface area contributed by atoms with Gasteiger partial charge in [0.1, 0.15) is 11.4 Å². The van der Waals surface area contributed by atoms with Gasteiger partial charge in [0.2, 0.25) is 0 Å². The van der Waals surface area contributed by atoms with Gasteiger partial charge >= 0.3 is 12.1 Å². The van der Waals surface area contributed by atoms with Crippen LogP contribution >= 0.6 is 0 Å². The van der Waals surface area contributed by atoms with Crippen molar-refractivity contribution in [3.05, 3.63) is 53.1 Å². The molecule has 0 radical (unpaired) electrons. The van der Waals surface area contributed by atoms with Gasteiger partial charge in [0.05, 0.1) is 25.3 Å². The van der Waals surface area contributed by atoms with E-state index in [9.17, 15) is 9.59 Å². The molecule has 1 amide bonds. The van der Waals surface area contributed by atoms with E-state index in [1.165, 1.54) is 12.7 Å². The third-order valence-corrected chi connectivity index (χ3v) is 5.42. The highest BCUT2D eigenvalue weighted by atomic mass is 16.6. The van der Waals surface area contributed by atoms with Crippen molar-refractivity contribution in [1.29, 1.82) is 0 Å². The van der Waals surface area contributed by atoms with Crippen molar-refractivity contribution in [3.8, 4) is 5.75 Å². The largest absolute Gasteiger partial charge is 0.493 e. The van der Waals surface area contributed by atoms with Crippen LogP contribution in [0.1, 0.15) is 74.8 Å². The molecule has 1 aromatic rings. The van der Waals surface area contributed by atoms with Crippen molar-refractivity contribution in [2.45, 2.75) is 64.5 Å². The van der Waals surface area contributed by atoms with Crippen LogP contribution in [-0.4, -0.2) is 42.8 Å². The van der Waals surface area contributed by atoms with Crippen molar-refractivity contribution >= 4 is 12.1 Å². The second-order valence-corrected chi connectivity index (χ2v) is 8.99. The predicted molar refractivity (Wildman–Crippen MR) is 119 cm³/mol. The molecule has 0 unspecified atom stereocenters. The van der Waals surface area contributed by atoms with Crippen molar-refractivity contribution in [3.63, 3.8) is 0 Å². The van der Waals surface area contributed by atoms with Crippen molar-refractivity contribution in [2.75, 3.05) is 20.3 Å². The Morgan fingerprint density at radius 1 is 1.19 bits per heavy atom. The fourth-order valence-corrected chi connectivity index (χ4v) is 3.88. The number of piperidine rings is 1. The average Bonchev–Trinajstić information content (AvgIpc) is 2.74. The van der Waals surface area contributed by atoms with Crippen molar-refractivity contribution in [2.24, 2.45) is 0 Å². The van der Waals surface area contributed by atoms with Crippen LogP contribution in [0.15, 0.2) is 42.0 Å². The van der Waals surface area contributed by atoms with Gasteiger partial charge in [0.15, 0.2) is 0 Å². The Morgan fingerprint density at radius 2 is 2.00 bits per heavy atom. The number of amides is 1. The van der Waals surface area contributed by atoms with E-state index in [4.69, 9.17) is 14.2 Å². The zero-order chi connectivity index (χ0) is 22.4. The number of fused-ring (bicyclic) bond motifs is 4. The number of carbonyl (C=O) groups excluding carboxylic acids is 2. The molecule has 6 heteroatoms. The van der Waals surface area contributed by atoms with E-state index in [0.717, 1.165) is 31.2 Å². The highest BCUT2D eigenvalue weighted by molar-refractivity contribution is 5.90. The van der Waals surface area contributed by atoms with Gasteiger partial charge in [-0.05, 0) is 65.0 Å². The molecule has 2 aliphatic heterocycles. The first-order valence-electron chi connectivity index (χ1n) is 11.0. The SMILES string of the molecule is COC(=O)c1ccc2c(c1)OCCCC/C=C/C=C1/CCN(C(=O)OC(C)(C)C)[C@H]2C1. The van der Waals surface area contributed by atoms with Gasteiger partial charge in [0.25, 0.3) is 0 Å². The summed E-state index contributed by atoms with van der Waals surface area (Å²) in [6, 6.07) is 5.11. The summed E-state index contributed by atoms with van der Waals surface area (Å²) < 4.78 is 16.7. The summed E-state index contributed by atoms with van der Waals surface area (Å²) in [5.74, 6) is 0.210. The first kappa shape index (κ1) is 22.9. The summed E-state index contributed by atoms with van der Waals surface area (Å²) in [5, 5.41) is 0. The smallest absolute Gasteiger partial charge is 0.410 e. The summed E-state index contributed by atoms with van der Waals surface area (Å²) >= 11 is 0. The number of ether oxygens (including phenoxy) is 3. The summed E-state index contributed by atoms with van der Waals surface area (Å²) in [7, 11) is 1.36. The summed E-state index contributed by atoms with van der Waals surface area (Å²) in [6.07, 6.45) is 10.6. The highest BCUT2D eigenvalue weighted by Crippen LogP contribution is 2.40. The van der Waals surface area contributed by atoms with Crippen LogP contribution in [0.5, 0.6) is 5.75 Å². The average molecular weight is 428 g/mol. The van der Waals surface area contributed by atoms with Crippen molar-refractivity contribution in [1.82, 2.24) is 4.90 Å². The first-order chi connectivity index (χ1) is 14.8. The molecule has 0 saturated carbocycles. The Morgan fingerprint density at radius 3 is 2.74 bits per heavy atom. The number of hydrogen-bond acceptors (Lipinski definition) is 5. The van der Waals surface area contributed by atoms with Gasteiger partial charge in [-0.1, -0.05) is 29.9 Å². The van der Waals surface area contributed by atoms with Gasteiger partial charge in [0, 0.05) is 12.1 Å². The van der Waals surface area contributed by atoms with Gasteiger partial charge in [-0.25, -0.2) is 9.59 Å². The molecule has 0 N–H and O–H groups in total. The minimum absolute atomic E-state index is 0.231. The molecule has 2 heterocycles. The number of allylic oxidation sites excluding steroid dienone is 3. The van der Waals surface area contributed by atoms with Crippen LogP contribution in [0.4, 0.5) is 4.79 Å². The van der Waals surface area contributed by atoms with Crippen LogP contribution < -0.4 is 4.74 Å². The van der Waals surface area contributed by atoms with E-state index in [2.05, 4.69) is 18.2 Å². The quantitative estimate of drug-likeness (QED) is 0.547. The van der Waals surface area contributed by atoms with Crippen LogP contribution in [-0.2, 0) is 9.47 Å². The lowest BCUT2D eigenvalue weighted by molar-refractivity contribution is 0.0127. The minimum Gasteiger partial charge on any atom is -0.493 e. The third kappa shape index (κ3) is 6.12. The van der Waals surface area contributed by atoms with Crippen LogP contribution in [0, 0.1) is 0 Å². The summed E-state index contributed by atoms with van der Waals surface area (Å²) in [6.45, 7) is 6.72. The number of nitrogens with zero attached hydrogens (tertiary/aromatic N) is 1. The van der Waals surface area contributed by atoms with E-state index in [0.29, 0.717) is 30.9 Å². The van der Waals surface area contributed by atoms with E-state index >= 15 is 0 Å². The van der Waals surface area contributed by atoms with Crippen LogP contribution in [0.2, 0.25) is 0 Å². The van der Waals surface area contributed by atoms with Gasteiger partial charge in [-0.3, -0.25) is 0 Å². The number of esters is 1. The molecular formula is C25H33NO5. The Bertz CT molecular complexity index is 865. The number of carbonyl (C=O) groups is 2. The molecule has 1 fully saturated rings. The Hall–Kier alpha value is -2.76. The topological polar surface area (TPSA) is 65.1 Å². The van der Waals surface area contributed by atoms with Crippen LogP contribution in [0.25, 0.3) is 0 Å². The lowest BCUT2D eigenvalue weighted by atomic mass is 9.90. The van der Waals surface area contributed by atoms with Gasteiger partial charge in [-0.15, -0.1) is 0 Å². The molecule has 168 valence electrons. The minimum atomic E-state index is -0.576. The predicted octanol–water partition coefficient (Wildman–Crippen LogP) is 5.59. The maximum absolute atomic E-state index is 13.0. The van der Waals surface area contributed by atoms with E-state index in [-0.39, 0.29) is 12.1 Å². The van der Waals surface area contributed by atoms with E-state index in [1.807, 2.05) is 26.8 Å². The Kier molecular flexibility index (Phi) is 7.42. The molecule has 2 aliphatic rings. The Labute approximate surface area is 184 Å². The maximum Gasteiger partial charge on any atom is 0.410 e. The highest BCUT2D eigenvalue weighted by Gasteiger charge is 2.34. The lowest BCUT2D eigenvalue weighted by Gasteiger charge is -2.38. The normalized spacial score (nSPS) is 22.3. The fourth-order valence-electron chi connectivity index (χ4n) is 3.88. The maximum atomic E-state index is 13.0. The second kappa shape index (κ2) is 10.0. The molecule has 0 aliphatic carbocycles.